The van der Waals surface area contributed by atoms with Crippen LogP contribution in [0.25, 0.3) is 0 Å². The largest absolute Gasteiger partial charge is 0.381 e. The van der Waals surface area contributed by atoms with Crippen molar-refractivity contribution in [2.24, 2.45) is 11.8 Å². The third-order valence-electron chi connectivity index (χ3n) is 3.45. The van der Waals surface area contributed by atoms with Gasteiger partial charge in [-0.3, -0.25) is 0 Å². The molecule has 2 heterocycles. The Morgan fingerprint density at radius 2 is 2.00 bits per heavy atom. The van der Waals surface area contributed by atoms with Crippen LogP contribution >= 0.6 is 0 Å². The molecule has 2 atom stereocenters. The predicted molar refractivity (Wildman–Crippen MR) is 53.7 cm³/mol. The SMILES string of the molecule is CC1CC(CC2CCOCC2)CN1. The molecule has 2 aliphatic heterocycles. The van der Waals surface area contributed by atoms with Gasteiger partial charge in [-0.1, -0.05) is 0 Å². The van der Waals surface area contributed by atoms with Crippen molar-refractivity contribution in [3.8, 4) is 0 Å². The highest BCUT2D eigenvalue weighted by atomic mass is 16.5. The zero-order valence-corrected chi connectivity index (χ0v) is 8.59. The van der Waals surface area contributed by atoms with E-state index in [1.807, 2.05) is 0 Å². The van der Waals surface area contributed by atoms with Crippen molar-refractivity contribution >= 4 is 0 Å². The first-order valence-corrected chi connectivity index (χ1v) is 5.65. The van der Waals surface area contributed by atoms with Crippen molar-refractivity contribution in [3.05, 3.63) is 0 Å². The molecule has 0 bridgehead atoms. The second-order valence-electron chi connectivity index (χ2n) is 4.70. The predicted octanol–water partition coefficient (Wildman–Crippen LogP) is 1.80. The smallest absolute Gasteiger partial charge is 0.0468 e. The summed E-state index contributed by atoms with van der Waals surface area (Å²) in [7, 11) is 0. The highest BCUT2D eigenvalue weighted by Crippen LogP contribution is 2.27. The molecule has 0 saturated carbocycles. The number of hydrogen-bond acceptors (Lipinski definition) is 2. The summed E-state index contributed by atoms with van der Waals surface area (Å²) < 4.78 is 5.37. The normalized spacial score (nSPS) is 36.7. The third-order valence-corrected chi connectivity index (χ3v) is 3.45. The lowest BCUT2D eigenvalue weighted by atomic mass is 9.88. The van der Waals surface area contributed by atoms with E-state index in [0.29, 0.717) is 0 Å². The fourth-order valence-corrected chi connectivity index (χ4v) is 2.67. The number of rotatable bonds is 2. The fourth-order valence-electron chi connectivity index (χ4n) is 2.67. The van der Waals surface area contributed by atoms with Crippen molar-refractivity contribution in [2.45, 2.75) is 38.6 Å². The van der Waals surface area contributed by atoms with E-state index in [1.165, 1.54) is 32.2 Å². The fraction of sp³-hybridized carbons (Fsp3) is 1.00. The van der Waals surface area contributed by atoms with E-state index in [-0.39, 0.29) is 0 Å². The minimum atomic E-state index is 0.754. The lowest BCUT2D eigenvalue weighted by Gasteiger charge is -2.24. The average molecular weight is 183 g/mol. The highest BCUT2D eigenvalue weighted by molar-refractivity contribution is 4.80. The summed E-state index contributed by atoms with van der Waals surface area (Å²) in [5.41, 5.74) is 0. The summed E-state index contributed by atoms with van der Waals surface area (Å²) in [5.74, 6) is 1.89. The molecule has 0 radical (unpaired) electrons. The van der Waals surface area contributed by atoms with Gasteiger partial charge in [-0.2, -0.15) is 0 Å². The minimum Gasteiger partial charge on any atom is -0.381 e. The van der Waals surface area contributed by atoms with Crippen LogP contribution in [0.15, 0.2) is 0 Å². The van der Waals surface area contributed by atoms with Crippen LogP contribution in [0, 0.1) is 11.8 Å². The topological polar surface area (TPSA) is 21.3 Å². The maximum atomic E-state index is 5.37. The van der Waals surface area contributed by atoms with E-state index in [2.05, 4.69) is 12.2 Å². The van der Waals surface area contributed by atoms with Crippen molar-refractivity contribution in [1.29, 1.82) is 0 Å². The lowest BCUT2D eigenvalue weighted by Crippen LogP contribution is -2.20. The van der Waals surface area contributed by atoms with Crippen molar-refractivity contribution in [2.75, 3.05) is 19.8 Å². The molecule has 2 unspecified atom stereocenters. The Kier molecular flexibility index (Phi) is 3.23. The Balaban J connectivity index is 1.71. The van der Waals surface area contributed by atoms with Crippen LogP contribution < -0.4 is 5.32 Å². The monoisotopic (exact) mass is 183 g/mol. The summed E-state index contributed by atoms with van der Waals surface area (Å²) in [6, 6.07) is 0.754. The van der Waals surface area contributed by atoms with Gasteiger partial charge in [0.15, 0.2) is 0 Å². The van der Waals surface area contributed by atoms with E-state index in [4.69, 9.17) is 4.74 Å². The van der Waals surface area contributed by atoms with Gasteiger partial charge in [0, 0.05) is 19.3 Å². The molecule has 2 nitrogen and oxygen atoms in total. The first-order valence-electron chi connectivity index (χ1n) is 5.65. The van der Waals surface area contributed by atoms with Gasteiger partial charge in [-0.05, 0) is 51.0 Å². The minimum absolute atomic E-state index is 0.754. The summed E-state index contributed by atoms with van der Waals surface area (Å²) in [4.78, 5) is 0. The molecule has 0 aromatic rings. The molecule has 2 saturated heterocycles. The molecule has 2 rings (SSSR count). The van der Waals surface area contributed by atoms with E-state index in [9.17, 15) is 0 Å². The second kappa shape index (κ2) is 4.43. The van der Waals surface area contributed by atoms with Gasteiger partial charge in [-0.25, -0.2) is 0 Å². The Morgan fingerprint density at radius 1 is 1.23 bits per heavy atom. The number of hydrogen-bond donors (Lipinski definition) is 1. The molecule has 1 N–H and O–H groups in total. The summed E-state index contributed by atoms with van der Waals surface area (Å²) in [6.07, 6.45) is 5.41. The summed E-state index contributed by atoms with van der Waals surface area (Å²) >= 11 is 0. The van der Waals surface area contributed by atoms with Gasteiger partial charge in [-0.15, -0.1) is 0 Å². The van der Waals surface area contributed by atoms with Gasteiger partial charge in [0.2, 0.25) is 0 Å². The molecule has 13 heavy (non-hydrogen) atoms. The zero-order valence-electron chi connectivity index (χ0n) is 8.59. The maximum absolute atomic E-state index is 5.37. The lowest BCUT2D eigenvalue weighted by molar-refractivity contribution is 0.0593. The van der Waals surface area contributed by atoms with Crippen molar-refractivity contribution in [1.82, 2.24) is 5.32 Å². The van der Waals surface area contributed by atoms with Crippen LogP contribution in [0.4, 0.5) is 0 Å². The molecule has 0 aromatic carbocycles. The van der Waals surface area contributed by atoms with E-state index >= 15 is 0 Å². The van der Waals surface area contributed by atoms with Crippen LogP contribution in [0.5, 0.6) is 0 Å². The highest BCUT2D eigenvalue weighted by Gasteiger charge is 2.24. The Bertz CT molecular complexity index is 151. The molecule has 0 amide bonds. The average Bonchev–Trinajstić information content (AvgIpc) is 2.53. The Morgan fingerprint density at radius 3 is 2.62 bits per heavy atom. The maximum Gasteiger partial charge on any atom is 0.0468 e. The standard InChI is InChI=1S/C11H21NO/c1-9-6-11(8-12-9)7-10-2-4-13-5-3-10/h9-12H,2-8H2,1H3. The molecule has 2 heteroatoms. The summed E-state index contributed by atoms with van der Waals surface area (Å²) in [6.45, 7) is 5.54. The molecule has 2 fully saturated rings. The first-order chi connectivity index (χ1) is 6.34. The molecule has 0 aromatic heterocycles. The van der Waals surface area contributed by atoms with Crippen molar-refractivity contribution in [3.63, 3.8) is 0 Å². The van der Waals surface area contributed by atoms with E-state index in [1.54, 1.807) is 0 Å². The van der Waals surface area contributed by atoms with E-state index < -0.39 is 0 Å². The van der Waals surface area contributed by atoms with Crippen LogP contribution in [-0.2, 0) is 4.74 Å². The quantitative estimate of drug-likeness (QED) is 0.705. The van der Waals surface area contributed by atoms with E-state index in [0.717, 1.165) is 31.1 Å². The molecule has 2 aliphatic rings. The Hall–Kier alpha value is -0.0800. The first kappa shape index (κ1) is 9.47. The molecule has 0 aliphatic carbocycles. The van der Waals surface area contributed by atoms with Gasteiger partial charge < -0.3 is 10.1 Å². The van der Waals surface area contributed by atoms with Crippen LogP contribution in [-0.4, -0.2) is 25.8 Å². The van der Waals surface area contributed by atoms with Crippen molar-refractivity contribution < 1.29 is 4.74 Å². The number of ether oxygens (including phenoxy) is 1. The van der Waals surface area contributed by atoms with Gasteiger partial charge in [0.25, 0.3) is 0 Å². The van der Waals surface area contributed by atoms with Crippen LogP contribution in [0.1, 0.15) is 32.6 Å². The van der Waals surface area contributed by atoms with Gasteiger partial charge >= 0.3 is 0 Å². The Labute approximate surface area is 81.0 Å². The zero-order chi connectivity index (χ0) is 9.10. The second-order valence-corrected chi connectivity index (χ2v) is 4.70. The molecular weight excluding hydrogens is 162 g/mol. The molecule has 76 valence electrons. The van der Waals surface area contributed by atoms with Crippen LogP contribution in [0.2, 0.25) is 0 Å². The summed E-state index contributed by atoms with van der Waals surface area (Å²) in [5, 5.41) is 3.53. The molecule has 0 spiro atoms. The van der Waals surface area contributed by atoms with Gasteiger partial charge in [0.05, 0.1) is 0 Å². The number of nitrogens with one attached hydrogen (secondary N) is 1. The molecular formula is C11H21NO. The van der Waals surface area contributed by atoms with Crippen LogP contribution in [0.3, 0.4) is 0 Å². The third kappa shape index (κ3) is 2.68. The van der Waals surface area contributed by atoms with Gasteiger partial charge in [0.1, 0.15) is 0 Å².